The second-order valence-electron chi connectivity index (χ2n) is 8.11. The van der Waals surface area contributed by atoms with Gasteiger partial charge in [-0.25, -0.2) is 32.3 Å². The first-order valence-electron chi connectivity index (χ1n) is 10.4. The molecule has 1 saturated heterocycles. The number of sulfone groups is 1. The van der Waals surface area contributed by atoms with Crippen LogP contribution in [0.25, 0.3) is 16.7 Å². The van der Waals surface area contributed by atoms with E-state index in [0.717, 1.165) is 12.3 Å². The molecule has 176 valence electrons. The van der Waals surface area contributed by atoms with Crippen LogP contribution in [0.1, 0.15) is 26.7 Å². The maximum absolute atomic E-state index is 14.6. The lowest BCUT2D eigenvalue weighted by Gasteiger charge is -2.31. The Balaban J connectivity index is 1.52. The molecule has 10 nitrogen and oxygen atoms in total. The highest BCUT2D eigenvalue weighted by Gasteiger charge is 2.26. The number of rotatable bonds is 5. The SMILES string of the molecule is CC(C)OC(=O)N1CCC(Oc2ncnc3nn(-c4ccc(S(C)(=O)=O)cc4F)cc23)CC1. The van der Waals surface area contributed by atoms with Crippen LogP contribution in [-0.4, -0.2) is 70.7 Å². The number of ether oxygens (including phenoxy) is 2. The number of benzene rings is 1. The van der Waals surface area contributed by atoms with Gasteiger partial charge in [-0.3, -0.25) is 0 Å². The molecule has 0 unspecified atom stereocenters. The minimum Gasteiger partial charge on any atom is -0.474 e. The smallest absolute Gasteiger partial charge is 0.410 e. The van der Waals surface area contributed by atoms with Gasteiger partial charge in [0.15, 0.2) is 15.5 Å². The molecule has 0 saturated carbocycles. The van der Waals surface area contributed by atoms with Crippen LogP contribution in [0.2, 0.25) is 0 Å². The third-order valence-electron chi connectivity index (χ3n) is 5.19. The maximum atomic E-state index is 14.6. The van der Waals surface area contributed by atoms with Crippen molar-refractivity contribution in [1.82, 2.24) is 24.6 Å². The van der Waals surface area contributed by atoms with Crippen molar-refractivity contribution in [2.45, 2.75) is 43.8 Å². The highest BCUT2D eigenvalue weighted by Crippen LogP contribution is 2.26. The minimum atomic E-state index is -3.53. The standard InChI is InChI=1S/C21H24FN5O5S/c1-13(2)31-21(28)26-8-6-14(7-9-26)32-20-16-11-27(25-19(16)23-12-24-20)18-5-4-15(10-17(18)22)33(3,29)30/h4-5,10-14H,6-9H2,1-3H3. The van der Waals surface area contributed by atoms with Crippen molar-refractivity contribution in [2.24, 2.45) is 0 Å². The van der Waals surface area contributed by atoms with Crippen LogP contribution < -0.4 is 4.74 Å². The van der Waals surface area contributed by atoms with E-state index in [1.807, 2.05) is 0 Å². The van der Waals surface area contributed by atoms with E-state index in [1.54, 1.807) is 24.9 Å². The van der Waals surface area contributed by atoms with E-state index in [9.17, 15) is 17.6 Å². The molecular weight excluding hydrogens is 453 g/mol. The van der Waals surface area contributed by atoms with Gasteiger partial charge in [0, 0.05) is 38.4 Å². The predicted octanol–water partition coefficient (Wildman–Crippen LogP) is 2.75. The number of likely N-dealkylation sites (tertiary alicyclic amines) is 1. The molecule has 0 spiro atoms. The van der Waals surface area contributed by atoms with Crippen molar-refractivity contribution in [1.29, 1.82) is 0 Å². The summed E-state index contributed by atoms with van der Waals surface area (Å²) in [5.74, 6) is -0.426. The minimum absolute atomic E-state index is 0.0725. The van der Waals surface area contributed by atoms with Crippen molar-refractivity contribution in [3.63, 3.8) is 0 Å². The second kappa shape index (κ2) is 8.93. The van der Waals surface area contributed by atoms with Crippen LogP contribution in [0.4, 0.5) is 9.18 Å². The van der Waals surface area contributed by atoms with E-state index in [-0.39, 0.29) is 28.9 Å². The van der Waals surface area contributed by atoms with Crippen LogP contribution in [0.15, 0.2) is 35.6 Å². The molecule has 3 heterocycles. The summed E-state index contributed by atoms with van der Waals surface area (Å²) in [6.45, 7) is 4.61. The predicted molar refractivity (Wildman–Crippen MR) is 117 cm³/mol. The Hall–Kier alpha value is -3.28. The monoisotopic (exact) mass is 477 g/mol. The van der Waals surface area contributed by atoms with Gasteiger partial charge in [-0.2, -0.15) is 0 Å². The zero-order valence-electron chi connectivity index (χ0n) is 18.4. The number of halogens is 1. The number of fused-ring (bicyclic) bond motifs is 1. The molecule has 33 heavy (non-hydrogen) atoms. The number of aromatic nitrogens is 4. The molecule has 0 bridgehead atoms. The first kappa shape index (κ1) is 22.9. The molecule has 12 heteroatoms. The highest BCUT2D eigenvalue weighted by molar-refractivity contribution is 7.90. The van der Waals surface area contributed by atoms with E-state index in [4.69, 9.17) is 9.47 Å². The molecule has 0 atom stereocenters. The van der Waals surface area contributed by atoms with E-state index in [2.05, 4.69) is 15.1 Å². The van der Waals surface area contributed by atoms with Gasteiger partial charge in [0.2, 0.25) is 5.88 Å². The van der Waals surface area contributed by atoms with Gasteiger partial charge < -0.3 is 14.4 Å². The maximum Gasteiger partial charge on any atom is 0.410 e. The Morgan fingerprint density at radius 1 is 1.21 bits per heavy atom. The summed E-state index contributed by atoms with van der Waals surface area (Å²) in [5, 5.41) is 4.77. The Labute approximate surface area is 190 Å². The van der Waals surface area contributed by atoms with Crippen molar-refractivity contribution in [3.8, 4) is 11.6 Å². The summed E-state index contributed by atoms with van der Waals surface area (Å²) < 4.78 is 50.5. The quantitative estimate of drug-likeness (QED) is 0.551. The van der Waals surface area contributed by atoms with Crippen LogP contribution in [-0.2, 0) is 14.6 Å². The largest absolute Gasteiger partial charge is 0.474 e. The average Bonchev–Trinajstić information content (AvgIpc) is 3.18. The normalized spacial score (nSPS) is 15.2. The molecule has 1 fully saturated rings. The van der Waals surface area contributed by atoms with Gasteiger partial charge in [-0.1, -0.05) is 0 Å². The number of carbonyl (C=O) groups excluding carboxylic acids is 1. The summed E-state index contributed by atoms with van der Waals surface area (Å²) in [5.41, 5.74) is 0.382. The lowest BCUT2D eigenvalue weighted by molar-refractivity contribution is 0.0511. The van der Waals surface area contributed by atoms with Crippen molar-refractivity contribution >= 4 is 27.0 Å². The molecule has 2 aromatic heterocycles. The van der Waals surface area contributed by atoms with Crippen LogP contribution in [0.3, 0.4) is 0 Å². The van der Waals surface area contributed by atoms with Crippen molar-refractivity contribution in [2.75, 3.05) is 19.3 Å². The summed E-state index contributed by atoms with van der Waals surface area (Å²) in [6, 6.07) is 3.62. The number of nitrogens with zero attached hydrogens (tertiary/aromatic N) is 5. The molecule has 1 amide bonds. The summed E-state index contributed by atoms with van der Waals surface area (Å²) in [6.07, 6.45) is 4.40. The lowest BCUT2D eigenvalue weighted by atomic mass is 10.1. The molecular formula is C21H24FN5O5S. The first-order valence-corrected chi connectivity index (χ1v) is 12.3. The fourth-order valence-corrected chi connectivity index (χ4v) is 4.16. The third kappa shape index (κ3) is 5.05. The number of hydrogen-bond acceptors (Lipinski definition) is 8. The molecule has 0 radical (unpaired) electrons. The first-order chi connectivity index (χ1) is 15.6. The zero-order valence-corrected chi connectivity index (χ0v) is 19.2. The van der Waals surface area contributed by atoms with Gasteiger partial charge >= 0.3 is 6.09 Å². The Morgan fingerprint density at radius 3 is 2.58 bits per heavy atom. The number of piperidine rings is 1. The molecule has 3 aromatic rings. The number of amides is 1. The molecule has 1 aliphatic rings. The third-order valence-corrected chi connectivity index (χ3v) is 6.30. The van der Waals surface area contributed by atoms with Crippen molar-refractivity contribution in [3.05, 3.63) is 36.5 Å². The average molecular weight is 478 g/mol. The molecule has 0 N–H and O–H groups in total. The molecule has 0 aliphatic carbocycles. The summed E-state index contributed by atoms with van der Waals surface area (Å²) in [7, 11) is -3.53. The fourth-order valence-electron chi connectivity index (χ4n) is 3.53. The summed E-state index contributed by atoms with van der Waals surface area (Å²) in [4.78, 5) is 21.9. The van der Waals surface area contributed by atoms with Crippen LogP contribution in [0.5, 0.6) is 5.88 Å². The Morgan fingerprint density at radius 2 is 1.94 bits per heavy atom. The zero-order chi connectivity index (χ0) is 23.8. The fraction of sp³-hybridized carbons (Fsp3) is 0.429. The van der Waals surface area contributed by atoms with Gasteiger partial charge in [-0.05, 0) is 32.0 Å². The van der Waals surface area contributed by atoms with E-state index in [1.165, 1.54) is 23.1 Å². The second-order valence-corrected chi connectivity index (χ2v) is 10.1. The molecule has 4 rings (SSSR count). The summed E-state index contributed by atoms with van der Waals surface area (Å²) >= 11 is 0. The lowest BCUT2D eigenvalue weighted by Crippen LogP contribution is -2.42. The van der Waals surface area contributed by atoms with Crippen LogP contribution in [0, 0.1) is 5.82 Å². The van der Waals surface area contributed by atoms with Crippen LogP contribution >= 0.6 is 0 Å². The van der Waals surface area contributed by atoms with E-state index < -0.39 is 15.7 Å². The highest BCUT2D eigenvalue weighted by atomic mass is 32.2. The van der Waals surface area contributed by atoms with Gasteiger partial charge in [0.1, 0.15) is 29.3 Å². The Kier molecular flexibility index (Phi) is 6.19. The topological polar surface area (TPSA) is 117 Å². The van der Waals surface area contributed by atoms with E-state index >= 15 is 0 Å². The molecule has 1 aromatic carbocycles. The van der Waals surface area contributed by atoms with Gasteiger partial charge in [0.05, 0.1) is 11.0 Å². The number of carbonyl (C=O) groups is 1. The molecule has 1 aliphatic heterocycles. The van der Waals surface area contributed by atoms with Gasteiger partial charge in [0.25, 0.3) is 0 Å². The van der Waals surface area contributed by atoms with Crippen molar-refractivity contribution < 1.29 is 27.1 Å². The van der Waals surface area contributed by atoms with Gasteiger partial charge in [-0.15, -0.1) is 5.10 Å². The van der Waals surface area contributed by atoms with E-state index in [0.29, 0.717) is 42.8 Å². The Bertz CT molecular complexity index is 1290. The number of hydrogen-bond donors (Lipinski definition) is 0.